The zero-order valence-corrected chi connectivity index (χ0v) is 18.4. The van der Waals surface area contributed by atoms with E-state index in [0.29, 0.717) is 17.7 Å². The number of aromatic amines is 1. The number of rotatable bonds is 6. The van der Waals surface area contributed by atoms with Crippen molar-refractivity contribution in [3.8, 4) is 17.0 Å². The second-order valence-electron chi connectivity index (χ2n) is 7.68. The van der Waals surface area contributed by atoms with Crippen molar-refractivity contribution in [1.29, 1.82) is 0 Å². The van der Waals surface area contributed by atoms with Crippen LogP contribution in [-0.4, -0.2) is 37.1 Å². The molecule has 4 rings (SSSR count). The fourth-order valence-electron chi connectivity index (χ4n) is 4.02. The van der Waals surface area contributed by atoms with Gasteiger partial charge in [-0.1, -0.05) is 30.3 Å². The number of aromatic nitrogens is 2. The predicted molar refractivity (Wildman–Crippen MR) is 119 cm³/mol. The van der Waals surface area contributed by atoms with E-state index >= 15 is 0 Å². The molecule has 8 heteroatoms. The van der Waals surface area contributed by atoms with Crippen molar-refractivity contribution >= 4 is 10.0 Å². The molecule has 1 aromatic heterocycles. The van der Waals surface area contributed by atoms with Crippen LogP contribution < -0.4 is 10.3 Å². The molecule has 0 fully saturated rings. The molecule has 0 spiro atoms. The Balaban J connectivity index is 1.78. The predicted octanol–water partition coefficient (Wildman–Crippen LogP) is 3.15. The Morgan fingerprint density at radius 2 is 1.77 bits per heavy atom. The summed E-state index contributed by atoms with van der Waals surface area (Å²) in [6.07, 6.45) is 3.41. The van der Waals surface area contributed by atoms with Crippen molar-refractivity contribution in [1.82, 2.24) is 14.5 Å². The average molecular weight is 440 g/mol. The summed E-state index contributed by atoms with van der Waals surface area (Å²) >= 11 is 0. The summed E-state index contributed by atoms with van der Waals surface area (Å²) in [6.45, 7) is 0.239. The van der Waals surface area contributed by atoms with Crippen LogP contribution in [0.2, 0.25) is 0 Å². The molecule has 0 bridgehead atoms. The molecule has 0 aliphatic heterocycles. The third-order valence-corrected chi connectivity index (χ3v) is 7.49. The van der Waals surface area contributed by atoms with E-state index < -0.39 is 10.0 Å². The van der Waals surface area contributed by atoms with Crippen LogP contribution in [0.3, 0.4) is 0 Å². The number of ether oxygens (including phenoxy) is 1. The maximum atomic E-state index is 13.4. The number of nitrogens with zero attached hydrogens (tertiary/aromatic N) is 2. The maximum Gasteiger partial charge on any atom is 0.267 e. The summed E-state index contributed by atoms with van der Waals surface area (Å²) in [5, 5.41) is 6.84. The van der Waals surface area contributed by atoms with Crippen LogP contribution in [0, 0.1) is 0 Å². The van der Waals surface area contributed by atoms with E-state index in [-0.39, 0.29) is 22.7 Å². The standard InChI is InChI=1S/C23H25N3O4S/c1-26(15-16-8-4-3-5-9-16)31(28,29)21-14-17(12-13-20(21)30-2)22-18-10-6-7-11-19(18)23(27)25-24-22/h3-5,8-9,12-14H,6-7,10-11,15H2,1-2H3,(H,25,27). The number of sulfonamides is 1. The topological polar surface area (TPSA) is 92.4 Å². The van der Waals surface area contributed by atoms with Gasteiger partial charge in [-0.3, -0.25) is 4.79 Å². The molecule has 0 amide bonds. The smallest absolute Gasteiger partial charge is 0.267 e. The lowest BCUT2D eigenvalue weighted by atomic mass is 9.90. The molecular weight excluding hydrogens is 414 g/mol. The van der Waals surface area contributed by atoms with Crippen LogP contribution in [0.5, 0.6) is 5.75 Å². The van der Waals surface area contributed by atoms with Gasteiger partial charge >= 0.3 is 0 Å². The molecule has 1 aliphatic rings. The van der Waals surface area contributed by atoms with Gasteiger partial charge in [0.1, 0.15) is 10.6 Å². The maximum absolute atomic E-state index is 13.4. The highest BCUT2D eigenvalue weighted by atomic mass is 32.2. The minimum absolute atomic E-state index is 0.0727. The Bertz CT molecular complexity index is 1250. The minimum Gasteiger partial charge on any atom is -0.495 e. The van der Waals surface area contributed by atoms with Gasteiger partial charge < -0.3 is 4.74 Å². The molecule has 7 nitrogen and oxygen atoms in total. The second kappa shape index (κ2) is 8.64. The van der Waals surface area contributed by atoms with Gasteiger partial charge in [0.25, 0.3) is 5.56 Å². The SMILES string of the molecule is COc1ccc(-c2n[nH]c(=O)c3c2CCCC3)cc1S(=O)(=O)N(C)Cc1ccccc1. The largest absolute Gasteiger partial charge is 0.495 e. The number of nitrogens with one attached hydrogen (secondary N) is 1. The van der Waals surface area contributed by atoms with Crippen LogP contribution in [0.4, 0.5) is 0 Å². The van der Waals surface area contributed by atoms with Gasteiger partial charge in [-0.15, -0.1) is 0 Å². The molecule has 1 heterocycles. The Labute approximate surface area is 181 Å². The Morgan fingerprint density at radius 1 is 1.06 bits per heavy atom. The molecular formula is C23H25N3O4S. The molecule has 0 radical (unpaired) electrons. The van der Waals surface area contributed by atoms with Crippen molar-refractivity contribution in [2.75, 3.05) is 14.2 Å². The number of H-pyrrole nitrogens is 1. The number of benzene rings is 2. The monoisotopic (exact) mass is 439 g/mol. The van der Waals surface area contributed by atoms with E-state index in [1.807, 2.05) is 30.3 Å². The Kier molecular flexibility index (Phi) is 5.93. The molecule has 1 aliphatic carbocycles. The van der Waals surface area contributed by atoms with E-state index in [9.17, 15) is 13.2 Å². The lowest BCUT2D eigenvalue weighted by Gasteiger charge is -2.21. The molecule has 31 heavy (non-hydrogen) atoms. The summed E-state index contributed by atoms with van der Waals surface area (Å²) in [4.78, 5) is 12.3. The first-order valence-electron chi connectivity index (χ1n) is 10.2. The summed E-state index contributed by atoms with van der Waals surface area (Å²) in [6, 6.07) is 14.4. The molecule has 0 atom stereocenters. The highest BCUT2D eigenvalue weighted by Crippen LogP contribution is 2.34. The first-order chi connectivity index (χ1) is 14.9. The molecule has 0 saturated heterocycles. The lowest BCUT2D eigenvalue weighted by Crippen LogP contribution is -2.27. The third kappa shape index (κ3) is 4.13. The van der Waals surface area contributed by atoms with Crippen LogP contribution in [0.1, 0.15) is 29.5 Å². The normalized spacial score (nSPS) is 13.8. The van der Waals surface area contributed by atoms with Gasteiger partial charge in [0.2, 0.25) is 10.0 Å². The number of fused-ring (bicyclic) bond motifs is 1. The molecule has 1 N–H and O–H groups in total. The zero-order chi connectivity index (χ0) is 22.0. The Hall–Kier alpha value is -2.97. The number of methoxy groups -OCH3 is 1. The van der Waals surface area contributed by atoms with Gasteiger partial charge in [-0.25, -0.2) is 13.5 Å². The summed E-state index contributed by atoms with van der Waals surface area (Å²) in [5.74, 6) is 0.266. The van der Waals surface area contributed by atoms with Crippen LogP contribution in [0.25, 0.3) is 11.3 Å². The quantitative estimate of drug-likeness (QED) is 0.637. The first-order valence-corrected chi connectivity index (χ1v) is 11.6. The fraction of sp³-hybridized carbons (Fsp3) is 0.304. The minimum atomic E-state index is -3.83. The fourth-order valence-corrected chi connectivity index (χ4v) is 5.35. The highest BCUT2D eigenvalue weighted by Gasteiger charge is 2.27. The van der Waals surface area contributed by atoms with Gasteiger partial charge in [-0.05, 0) is 55.0 Å². The molecule has 3 aromatic rings. The van der Waals surface area contributed by atoms with Crippen LogP contribution in [-0.2, 0) is 29.4 Å². The van der Waals surface area contributed by atoms with E-state index in [4.69, 9.17) is 4.74 Å². The lowest BCUT2D eigenvalue weighted by molar-refractivity contribution is 0.397. The molecule has 162 valence electrons. The van der Waals surface area contributed by atoms with Gasteiger partial charge in [0.05, 0.1) is 12.8 Å². The number of hydrogen-bond donors (Lipinski definition) is 1. The second-order valence-corrected chi connectivity index (χ2v) is 9.69. The molecule has 2 aromatic carbocycles. The summed E-state index contributed by atoms with van der Waals surface area (Å²) < 4.78 is 33.5. The van der Waals surface area contributed by atoms with Crippen molar-refractivity contribution in [2.45, 2.75) is 37.1 Å². The first kappa shape index (κ1) is 21.3. The van der Waals surface area contributed by atoms with Gasteiger partial charge in [0.15, 0.2) is 0 Å². The van der Waals surface area contributed by atoms with Crippen molar-refractivity contribution in [2.24, 2.45) is 0 Å². The van der Waals surface area contributed by atoms with E-state index in [1.165, 1.54) is 11.4 Å². The zero-order valence-electron chi connectivity index (χ0n) is 17.6. The van der Waals surface area contributed by atoms with Crippen molar-refractivity contribution in [3.05, 3.63) is 75.6 Å². The van der Waals surface area contributed by atoms with E-state index in [1.54, 1.807) is 25.2 Å². The average Bonchev–Trinajstić information content (AvgIpc) is 2.80. The van der Waals surface area contributed by atoms with Crippen LogP contribution in [0.15, 0.2) is 58.2 Å². The Morgan fingerprint density at radius 3 is 2.48 bits per heavy atom. The number of hydrogen-bond acceptors (Lipinski definition) is 5. The van der Waals surface area contributed by atoms with E-state index in [0.717, 1.165) is 36.0 Å². The van der Waals surface area contributed by atoms with Crippen molar-refractivity contribution < 1.29 is 13.2 Å². The van der Waals surface area contributed by atoms with Crippen molar-refractivity contribution in [3.63, 3.8) is 0 Å². The van der Waals surface area contributed by atoms with Gasteiger partial charge in [0, 0.05) is 24.7 Å². The summed E-state index contributed by atoms with van der Waals surface area (Å²) in [5.41, 5.74) is 3.64. The van der Waals surface area contributed by atoms with Gasteiger partial charge in [-0.2, -0.15) is 9.40 Å². The molecule has 0 saturated carbocycles. The van der Waals surface area contributed by atoms with Crippen LogP contribution >= 0.6 is 0 Å². The summed E-state index contributed by atoms with van der Waals surface area (Å²) in [7, 11) is -0.831. The third-order valence-electron chi connectivity index (χ3n) is 5.67. The highest BCUT2D eigenvalue weighted by molar-refractivity contribution is 7.89. The van der Waals surface area contributed by atoms with E-state index in [2.05, 4.69) is 10.2 Å². The molecule has 0 unspecified atom stereocenters.